The summed E-state index contributed by atoms with van der Waals surface area (Å²) in [4.78, 5) is 17.4. The number of aryl methyl sites for hydroxylation is 1. The number of amides is 1. The smallest absolute Gasteiger partial charge is 0.266 e. The quantitative estimate of drug-likeness (QED) is 0.357. The van der Waals surface area contributed by atoms with Crippen LogP contribution in [0.2, 0.25) is 0 Å². The van der Waals surface area contributed by atoms with Gasteiger partial charge in [0.1, 0.15) is 11.6 Å². The third-order valence-corrected chi connectivity index (χ3v) is 7.77. The summed E-state index contributed by atoms with van der Waals surface area (Å²) in [5.74, 6) is -0.307. The van der Waals surface area contributed by atoms with Gasteiger partial charge in [-0.3, -0.25) is 4.79 Å². The van der Waals surface area contributed by atoms with Crippen LogP contribution >= 0.6 is 0 Å². The van der Waals surface area contributed by atoms with Crippen molar-refractivity contribution in [2.24, 2.45) is 0 Å². The van der Waals surface area contributed by atoms with E-state index in [9.17, 15) is 18.5 Å². The lowest BCUT2D eigenvalue weighted by atomic mass is 10.1. The van der Waals surface area contributed by atoms with Crippen molar-refractivity contribution in [3.8, 4) is 6.07 Å². The third-order valence-electron chi connectivity index (χ3n) is 6.02. The molecule has 2 aromatic carbocycles. The highest BCUT2D eigenvalue weighted by Crippen LogP contribution is 2.28. The molecule has 0 unspecified atom stereocenters. The predicted octanol–water partition coefficient (Wildman–Crippen LogP) is 3.80. The van der Waals surface area contributed by atoms with Gasteiger partial charge in [-0.05, 0) is 42.5 Å². The lowest BCUT2D eigenvalue weighted by Gasteiger charge is -2.09. The monoisotopic (exact) mass is 471 g/mol. The van der Waals surface area contributed by atoms with E-state index in [4.69, 9.17) is 0 Å². The fourth-order valence-corrected chi connectivity index (χ4v) is 6.02. The molecule has 4 aromatic rings. The number of nitriles is 1. The Morgan fingerprint density at radius 2 is 2.00 bits per heavy atom. The van der Waals surface area contributed by atoms with Crippen LogP contribution in [0.5, 0.6) is 0 Å². The van der Waals surface area contributed by atoms with Gasteiger partial charge in [-0.15, -0.1) is 0 Å². The fourth-order valence-electron chi connectivity index (χ4n) is 4.33. The SMILES string of the molecule is Cc1nn([C@H]2CCS(=O)(=O)C2)c2ncc(/C=C(/C#N)C(=O)Nc3cccc4ccccc34)cc12. The van der Waals surface area contributed by atoms with Crippen molar-refractivity contribution < 1.29 is 13.2 Å². The second kappa shape index (κ2) is 8.39. The molecule has 2 aromatic heterocycles. The molecule has 1 aliphatic rings. The van der Waals surface area contributed by atoms with Crippen LogP contribution in [0.4, 0.5) is 5.69 Å². The van der Waals surface area contributed by atoms with E-state index in [2.05, 4.69) is 15.4 Å². The zero-order valence-corrected chi connectivity index (χ0v) is 19.2. The molecule has 1 fully saturated rings. The summed E-state index contributed by atoms with van der Waals surface area (Å²) in [6, 6.07) is 16.8. The average molecular weight is 472 g/mol. The molecule has 0 bridgehead atoms. The Morgan fingerprint density at radius 1 is 1.21 bits per heavy atom. The number of rotatable bonds is 4. The molecule has 3 heterocycles. The van der Waals surface area contributed by atoms with Crippen LogP contribution < -0.4 is 5.32 Å². The number of carbonyl (C=O) groups is 1. The Morgan fingerprint density at radius 3 is 2.76 bits per heavy atom. The van der Waals surface area contributed by atoms with Crippen LogP contribution in [-0.4, -0.2) is 40.6 Å². The molecule has 1 aliphatic heterocycles. The molecule has 0 spiro atoms. The van der Waals surface area contributed by atoms with E-state index in [1.165, 1.54) is 6.08 Å². The molecule has 1 amide bonds. The Hall–Kier alpha value is -4.03. The zero-order chi connectivity index (χ0) is 23.9. The van der Waals surface area contributed by atoms with Crippen molar-refractivity contribution in [2.75, 3.05) is 16.8 Å². The Bertz CT molecular complexity index is 1620. The molecule has 0 aliphatic carbocycles. The lowest BCUT2D eigenvalue weighted by molar-refractivity contribution is -0.112. The van der Waals surface area contributed by atoms with Crippen LogP contribution in [-0.2, 0) is 14.6 Å². The summed E-state index contributed by atoms with van der Waals surface area (Å²) >= 11 is 0. The molecule has 9 heteroatoms. The van der Waals surface area contributed by atoms with Gasteiger partial charge in [0.15, 0.2) is 15.5 Å². The molecular weight excluding hydrogens is 450 g/mol. The molecule has 1 N–H and O–H groups in total. The maximum atomic E-state index is 12.9. The summed E-state index contributed by atoms with van der Waals surface area (Å²) in [5, 5.41) is 19.6. The molecular formula is C25H21N5O3S. The minimum Gasteiger partial charge on any atom is -0.321 e. The number of pyridine rings is 1. The second-order valence-corrected chi connectivity index (χ2v) is 10.6. The first-order chi connectivity index (χ1) is 16.3. The molecule has 1 atom stereocenters. The molecule has 5 rings (SSSR count). The highest BCUT2D eigenvalue weighted by atomic mass is 32.2. The summed E-state index contributed by atoms with van der Waals surface area (Å²) in [6.07, 6.45) is 3.56. The van der Waals surface area contributed by atoms with E-state index in [1.54, 1.807) is 16.9 Å². The highest BCUT2D eigenvalue weighted by molar-refractivity contribution is 7.91. The number of hydrogen-bond donors (Lipinski definition) is 1. The van der Waals surface area contributed by atoms with Crippen molar-refractivity contribution in [3.63, 3.8) is 0 Å². The third kappa shape index (κ3) is 4.04. The summed E-state index contributed by atoms with van der Waals surface area (Å²) in [7, 11) is -3.06. The number of aromatic nitrogens is 3. The summed E-state index contributed by atoms with van der Waals surface area (Å²) in [5.41, 5.74) is 2.46. The highest BCUT2D eigenvalue weighted by Gasteiger charge is 2.31. The summed E-state index contributed by atoms with van der Waals surface area (Å²) in [6.45, 7) is 1.83. The van der Waals surface area contributed by atoms with Crippen molar-refractivity contribution in [3.05, 3.63) is 71.6 Å². The van der Waals surface area contributed by atoms with Gasteiger partial charge in [0, 0.05) is 22.7 Å². The van der Waals surface area contributed by atoms with Crippen LogP contribution in [0.1, 0.15) is 23.7 Å². The van der Waals surface area contributed by atoms with Crippen LogP contribution in [0.25, 0.3) is 27.9 Å². The van der Waals surface area contributed by atoms with Crippen molar-refractivity contribution in [1.29, 1.82) is 5.26 Å². The van der Waals surface area contributed by atoms with E-state index in [-0.39, 0.29) is 23.1 Å². The molecule has 1 saturated heterocycles. The van der Waals surface area contributed by atoms with Crippen LogP contribution in [0, 0.1) is 18.3 Å². The van der Waals surface area contributed by atoms with E-state index >= 15 is 0 Å². The Kier molecular flexibility index (Phi) is 5.38. The molecule has 170 valence electrons. The van der Waals surface area contributed by atoms with Gasteiger partial charge in [-0.25, -0.2) is 18.1 Å². The molecule has 8 nitrogen and oxygen atoms in total. The van der Waals surface area contributed by atoms with Crippen molar-refractivity contribution in [2.45, 2.75) is 19.4 Å². The van der Waals surface area contributed by atoms with Gasteiger partial charge in [-0.2, -0.15) is 10.4 Å². The largest absolute Gasteiger partial charge is 0.321 e. The molecule has 34 heavy (non-hydrogen) atoms. The van der Waals surface area contributed by atoms with Gasteiger partial charge in [0.2, 0.25) is 0 Å². The molecule has 0 radical (unpaired) electrons. The lowest BCUT2D eigenvalue weighted by Crippen LogP contribution is -2.13. The number of fused-ring (bicyclic) bond motifs is 2. The Labute approximate surface area is 196 Å². The van der Waals surface area contributed by atoms with E-state index in [0.717, 1.165) is 16.2 Å². The number of carbonyl (C=O) groups excluding carboxylic acids is 1. The number of nitrogens with one attached hydrogen (secondary N) is 1. The van der Waals surface area contributed by atoms with Gasteiger partial charge < -0.3 is 5.32 Å². The number of nitrogens with zero attached hydrogens (tertiary/aromatic N) is 4. The van der Waals surface area contributed by atoms with Gasteiger partial charge in [0.05, 0.1) is 23.2 Å². The Balaban J connectivity index is 1.45. The topological polar surface area (TPSA) is 118 Å². The minimum atomic E-state index is -3.06. The van der Waals surface area contributed by atoms with Gasteiger partial charge in [-0.1, -0.05) is 36.4 Å². The van der Waals surface area contributed by atoms with Crippen LogP contribution in [0.3, 0.4) is 0 Å². The van der Waals surface area contributed by atoms with E-state index in [1.807, 2.05) is 55.5 Å². The predicted molar refractivity (Wildman–Crippen MR) is 131 cm³/mol. The molecule has 0 saturated carbocycles. The minimum absolute atomic E-state index is 0.0546. The normalized spacial score (nSPS) is 17.6. The average Bonchev–Trinajstić information content (AvgIpc) is 3.36. The number of hydrogen-bond acceptors (Lipinski definition) is 6. The zero-order valence-electron chi connectivity index (χ0n) is 18.4. The number of sulfone groups is 1. The van der Waals surface area contributed by atoms with E-state index in [0.29, 0.717) is 29.0 Å². The van der Waals surface area contributed by atoms with E-state index < -0.39 is 15.7 Å². The number of benzene rings is 2. The standard InChI is InChI=1S/C25H21N5O3S/c1-16-22-12-17(14-27-24(22)30(29-16)20-9-10-34(32,33)15-20)11-19(13-26)25(31)28-23-8-4-6-18-5-2-3-7-21(18)23/h2-8,11-12,14,20H,9-10,15H2,1H3,(H,28,31)/b19-11-/t20-/m0/s1. The summed E-state index contributed by atoms with van der Waals surface area (Å²) < 4.78 is 25.5. The first-order valence-corrected chi connectivity index (χ1v) is 12.6. The second-order valence-electron chi connectivity index (χ2n) is 8.38. The first kappa shape index (κ1) is 21.8. The van der Waals surface area contributed by atoms with Crippen molar-refractivity contribution in [1.82, 2.24) is 14.8 Å². The van der Waals surface area contributed by atoms with Crippen molar-refractivity contribution >= 4 is 49.3 Å². The van der Waals surface area contributed by atoms with Crippen LogP contribution in [0.15, 0.2) is 60.3 Å². The maximum absolute atomic E-state index is 12.9. The fraction of sp³-hybridized carbons (Fsp3) is 0.200. The first-order valence-electron chi connectivity index (χ1n) is 10.8. The van der Waals surface area contributed by atoms with Gasteiger partial charge in [0.25, 0.3) is 5.91 Å². The van der Waals surface area contributed by atoms with Gasteiger partial charge >= 0.3 is 0 Å². The maximum Gasteiger partial charge on any atom is 0.266 e. The number of anilines is 1.